The first-order valence-electron chi connectivity index (χ1n) is 12.0. The van der Waals surface area contributed by atoms with E-state index < -0.39 is 18.2 Å². The van der Waals surface area contributed by atoms with Gasteiger partial charge in [0.05, 0.1) is 6.21 Å². The summed E-state index contributed by atoms with van der Waals surface area (Å²) in [6.45, 7) is 3.33. The first kappa shape index (κ1) is 24.3. The van der Waals surface area contributed by atoms with Crippen molar-refractivity contribution >= 4 is 24.1 Å². The molecule has 2 aromatic carbocycles. The Morgan fingerprint density at radius 1 is 1.09 bits per heavy atom. The Bertz CT molecular complexity index is 1070. The number of urea groups is 1. The van der Waals surface area contributed by atoms with Crippen molar-refractivity contribution in [2.75, 3.05) is 13.6 Å². The quantitative estimate of drug-likeness (QED) is 0.311. The van der Waals surface area contributed by atoms with Gasteiger partial charge in [0.2, 0.25) is 5.96 Å². The van der Waals surface area contributed by atoms with E-state index in [4.69, 9.17) is 4.74 Å². The van der Waals surface area contributed by atoms with Gasteiger partial charge >= 0.3 is 6.03 Å². The Labute approximate surface area is 205 Å². The molecule has 35 heavy (non-hydrogen) atoms. The Morgan fingerprint density at radius 2 is 1.86 bits per heavy atom. The molecule has 2 unspecified atom stereocenters. The van der Waals surface area contributed by atoms with Crippen LogP contribution < -0.4 is 15.5 Å². The molecule has 1 saturated heterocycles. The lowest BCUT2D eigenvalue weighted by molar-refractivity contribution is -0.127. The van der Waals surface area contributed by atoms with E-state index in [0.29, 0.717) is 19.1 Å². The number of unbranched alkanes of at least 4 members (excludes halogenated alkanes) is 3. The van der Waals surface area contributed by atoms with Gasteiger partial charge in [-0.15, -0.1) is 0 Å². The molecule has 2 heterocycles. The molecule has 2 aromatic rings. The second-order valence-electron chi connectivity index (χ2n) is 8.68. The summed E-state index contributed by atoms with van der Waals surface area (Å²) in [5.41, 5.74) is 4.99. The van der Waals surface area contributed by atoms with E-state index >= 15 is 0 Å². The van der Waals surface area contributed by atoms with Crippen molar-refractivity contribution in [3.8, 4) is 5.75 Å². The number of hydrogen-bond acceptors (Lipinski definition) is 7. The van der Waals surface area contributed by atoms with Gasteiger partial charge in [0, 0.05) is 13.6 Å². The molecule has 9 heteroatoms. The smallest absolute Gasteiger partial charge is 0.325 e. The Morgan fingerprint density at radius 3 is 2.60 bits per heavy atom. The number of amides is 3. The summed E-state index contributed by atoms with van der Waals surface area (Å²) in [7, 11) is 1.64. The fourth-order valence-corrected chi connectivity index (χ4v) is 4.13. The fraction of sp³-hybridized carbons (Fsp3) is 0.385. The van der Waals surface area contributed by atoms with Crippen LogP contribution in [0.25, 0.3) is 0 Å². The zero-order valence-corrected chi connectivity index (χ0v) is 20.2. The zero-order chi connectivity index (χ0) is 24.6. The van der Waals surface area contributed by atoms with Crippen LogP contribution in [0.2, 0.25) is 0 Å². The average molecular weight is 477 g/mol. The van der Waals surface area contributed by atoms with E-state index in [1.165, 1.54) is 4.90 Å². The number of nitrogens with zero attached hydrogens (tertiary/aromatic N) is 4. The van der Waals surface area contributed by atoms with Crippen LogP contribution in [0.5, 0.6) is 5.75 Å². The molecule has 0 bridgehead atoms. The number of benzene rings is 2. The third-order valence-electron chi connectivity index (χ3n) is 6.12. The van der Waals surface area contributed by atoms with Crippen LogP contribution in [0, 0.1) is 0 Å². The molecule has 0 aromatic heterocycles. The van der Waals surface area contributed by atoms with Gasteiger partial charge in [-0.05, 0) is 41.8 Å². The Kier molecular flexibility index (Phi) is 7.97. The maximum Gasteiger partial charge on any atom is 0.325 e. The summed E-state index contributed by atoms with van der Waals surface area (Å²) in [5, 5.41) is 6.76. The monoisotopic (exact) mass is 476 g/mol. The summed E-state index contributed by atoms with van der Waals surface area (Å²) < 4.78 is 5.83. The summed E-state index contributed by atoms with van der Waals surface area (Å²) in [6, 6.07) is 16.7. The highest BCUT2D eigenvalue weighted by Gasteiger charge is 2.48. The predicted molar refractivity (Wildman–Crippen MR) is 135 cm³/mol. The standard InChI is InChI=1S/C26H32N6O3/c1-3-4-5-9-16-32-22-23(31(2)26(34)29-24(22)33)28-25(32)30-27-17-19-12-14-21(15-13-19)35-18-20-10-7-6-8-11-20/h6-8,10-15,17,22-23H,3-5,9,16,18H2,1-2H3,(H,28,30)(H,29,33,34)/b27-17+. The van der Waals surface area contributed by atoms with Crippen LogP contribution in [-0.2, 0) is 11.4 Å². The molecule has 2 aliphatic rings. The first-order chi connectivity index (χ1) is 17.1. The highest BCUT2D eigenvalue weighted by atomic mass is 16.5. The van der Waals surface area contributed by atoms with Gasteiger partial charge in [0.15, 0.2) is 12.2 Å². The number of ether oxygens (including phenoxy) is 1. The van der Waals surface area contributed by atoms with Gasteiger partial charge in [-0.2, -0.15) is 5.10 Å². The number of hydrogen-bond donors (Lipinski definition) is 2. The van der Waals surface area contributed by atoms with E-state index in [9.17, 15) is 9.59 Å². The first-order valence-corrected chi connectivity index (χ1v) is 12.0. The van der Waals surface area contributed by atoms with Crippen molar-refractivity contribution in [3.05, 3.63) is 65.7 Å². The van der Waals surface area contributed by atoms with Crippen molar-refractivity contribution in [1.82, 2.24) is 20.5 Å². The number of nitrogens with one attached hydrogen (secondary N) is 2. The molecule has 0 spiro atoms. The lowest BCUT2D eigenvalue weighted by Crippen LogP contribution is -2.64. The number of hydrazone groups is 1. The number of aliphatic imine (C=N–C) groups is 1. The molecule has 3 amide bonds. The minimum absolute atomic E-state index is 0.329. The van der Waals surface area contributed by atoms with Gasteiger partial charge in [-0.1, -0.05) is 56.5 Å². The summed E-state index contributed by atoms with van der Waals surface area (Å²) in [4.78, 5) is 32.6. The maximum atomic E-state index is 12.6. The topological polar surface area (TPSA) is 98.6 Å². The van der Waals surface area contributed by atoms with Gasteiger partial charge in [0.1, 0.15) is 12.4 Å². The molecule has 2 atom stereocenters. The van der Waals surface area contributed by atoms with Crippen LogP contribution >= 0.6 is 0 Å². The summed E-state index contributed by atoms with van der Waals surface area (Å²) in [6.07, 6.45) is 5.38. The van der Waals surface area contributed by atoms with E-state index in [1.54, 1.807) is 13.3 Å². The van der Waals surface area contributed by atoms with Crippen molar-refractivity contribution in [2.24, 2.45) is 10.1 Å². The normalized spacial score (nSPS) is 19.5. The SMILES string of the molecule is CCCCCCN1C(N/N=C/c2ccc(OCc3ccccc3)cc2)=NC2C1C(=O)NC(=O)N2C. The van der Waals surface area contributed by atoms with Crippen molar-refractivity contribution in [3.63, 3.8) is 0 Å². The highest BCUT2D eigenvalue weighted by Crippen LogP contribution is 2.24. The largest absolute Gasteiger partial charge is 0.489 e. The van der Waals surface area contributed by atoms with Crippen LogP contribution in [0.1, 0.15) is 43.7 Å². The van der Waals surface area contributed by atoms with Crippen LogP contribution in [0.4, 0.5) is 4.79 Å². The second-order valence-corrected chi connectivity index (χ2v) is 8.68. The number of guanidine groups is 1. The van der Waals surface area contributed by atoms with Crippen molar-refractivity contribution in [2.45, 2.75) is 51.4 Å². The van der Waals surface area contributed by atoms with E-state index in [-0.39, 0.29) is 5.91 Å². The minimum atomic E-state index is -0.568. The molecule has 0 saturated carbocycles. The molecular weight excluding hydrogens is 444 g/mol. The van der Waals surface area contributed by atoms with Gasteiger partial charge in [0.25, 0.3) is 5.91 Å². The average Bonchev–Trinajstić information content (AvgIpc) is 3.24. The molecule has 2 aliphatic heterocycles. The molecular formula is C26H32N6O3. The maximum absolute atomic E-state index is 12.6. The number of rotatable bonds is 10. The summed E-state index contributed by atoms with van der Waals surface area (Å²) in [5.74, 6) is 0.941. The second kappa shape index (κ2) is 11.5. The van der Waals surface area contributed by atoms with Gasteiger partial charge < -0.3 is 14.5 Å². The minimum Gasteiger partial charge on any atom is -0.489 e. The van der Waals surface area contributed by atoms with Gasteiger partial charge in [-0.3, -0.25) is 10.1 Å². The zero-order valence-electron chi connectivity index (χ0n) is 20.2. The molecule has 9 nitrogen and oxygen atoms in total. The van der Waals surface area contributed by atoms with E-state index in [0.717, 1.165) is 42.6 Å². The van der Waals surface area contributed by atoms with E-state index in [1.807, 2.05) is 59.5 Å². The lowest BCUT2D eigenvalue weighted by Gasteiger charge is -2.36. The van der Waals surface area contributed by atoms with Crippen LogP contribution in [0.15, 0.2) is 64.7 Å². The number of imide groups is 1. The summed E-state index contributed by atoms with van der Waals surface area (Å²) >= 11 is 0. The number of carbonyl (C=O) groups is 2. The van der Waals surface area contributed by atoms with Gasteiger partial charge in [-0.25, -0.2) is 15.2 Å². The third-order valence-corrected chi connectivity index (χ3v) is 6.12. The lowest BCUT2D eigenvalue weighted by atomic mass is 10.1. The van der Waals surface area contributed by atoms with Crippen LogP contribution in [0.3, 0.4) is 0 Å². The molecule has 0 aliphatic carbocycles. The third kappa shape index (κ3) is 5.98. The number of fused-ring (bicyclic) bond motifs is 1. The number of likely N-dealkylation sites (N-methyl/N-ethyl adjacent to an activating group) is 1. The molecule has 4 rings (SSSR count). The Hall–Kier alpha value is -3.88. The van der Waals surface area contributed by atoms with E-state index in [2.05, 4.69) is 27.8 Å². The van der Waals surface area contributed by atoms with Crippen LogP contribution in [-0.4, -0.2) is 59.7 Å². The molecule has 2 N–H and O–H groups in total. The molecule has 1 fully saturated rings. The highest BCUT2D eigenvalue weighted by molar-refractivity contribution is 6.03. The molecule has 184 valence electrons. The Balaban J connectivity index is 1.38. The van der Waals surface area contributed by atoms with Crippen molar-refractivity contribution in [1.29, 1.82) is 0 Å². The molecule has 0 radical (unpaired) electrons. The van der Waals surface area contributed by atoms with Crippen molar-refractivity contribution < 1.29 is 14.3 Å². The number of carbonyl (C=O) groups excluding carboxylic acids is 2. The fourth-order valence-electron chi connectivity index (χ4n) is 4.13. The predicted octanol–water partition coefficient (Wildman–Crippen LogP) is 3.32.